The second-order valence-corrected chi connectivity index (χ2v) is 8.35. The average molecular weight is 460 g/mol. The summed E-state index contributed by atoms with van der Waals surface area (Å²) in [4.78, 5) is 33.5. The normalized spacial score (nSPS) is 17.8. The Bertz CT molecular complexity index is 1340. The molecule has 7 heteroatoms. The third kappa shape index (κ3) is 3.76. The summed E-state index contributed by atoms with van der Waals surface area (Å²) in [5.74, 6) is -1.48. The molecular weight excluding hydrogens is 438 g/mol. The van der Waals surface area contributed by atoms with Crippen molar-refractivity contribution in [2.45, 2.75) is 19.5 Å². The van der Waals surface area contributed by atoms with Crippen LogP contribution < -0.4 is 4.90 Å². The molecule has 33 heavy (non-hydrogen) atoms. The van der Waals surface area contributed by atoms with E-state index >= 15 is 0 Å². The molecule has 1 amide bonds. The minimum atomic E-state index is -1.07. The van der Waals surface area contributed by atoms with Gasteiger partial charge in [-0.05, 0) is 42.3 Å². The molecule has 0 saturated heterocycles. The average Bonchev–Trinajstić information content (AvgIpc) is 3.20. The van der Waals surface area contributed by atoms with Gasteiger partial charge in [0.05, 0.1) is 30.2 Å². The van der Waals surface area contributed by atoms with Gasteiger partial charge in [-0.25, -0.2) is 4.98 Å². The van der Waals surface area contributed by atoms with Gasteiger partial charge in [-0.2, -0.15) is 0 Å². The van der Waals surface area contributed by atoms with Gasteiger partial charge in [0.1, 0.15) is 0 Å². The van der Waals surface area contributed by atoms with E-state index in [-0.39, 0.29) is 12.5 Å². The van der Waals surface area contributed by atoms with Crippen molar-refractivity contribution in [3.63, 3.8) is 0 Å². The van der Waals surface area contributed by atoms with Gasteiger partial charge in [-0.3, -0.25) is 14.5 Å². The summed E-state index contributed by atoms with van der Waals surface area (Å²) in [6, 6.07) is 24.0. The standard InChI is InChI=1S/C26H22ClN3O3/c1-2-33-25(32)22-23(18-11-8-12-19(27)15-18)30-21-14-7-6-13-20(21)28-26(30)29(24(22)31)16-17-9-4-3-5-10-17/h3-15,22-23H,2,16H2,1H3/t22-,23-/m0/s1. The number of nitrogens with zero attached hydrogens (tertiary/aromatic N) is 3. The highest BCUT2D eigenvalue weighted by Gasteiger charge is 2.47. The number of para-hydroxylation sites is 2. The maximum absolute atomic E-state index is 13.9. The summed E-state index contributed by atoms with van der Waals surface area (Å²) in [5.41, 5.74) is 3.26. The minimum absolute atomic E-state index is 0.182. The zero-order chi connectivity index (χ0) is 22.9. The molecule has 1 aromatic heterocycles. The molecule has 0 N–H and O–H groups in total. The van der Waals surface area contributed by atoms with Gasteiger partial charge < -0.3 is 9.30 Å². The Labute approximate surface area is 196 Å². The lowest BCUT2D eigenvalue weighted by molar-refractivity contribution is -0.153. The number of carbonyl (C=O) groups excluding carboxylic acids is 2. The Morgan fingerprint density at radius 2 is 1.79 bits per heavy atom. The van der Waals surface area contributed by atoms with Crippen LogP contribution in [0.25, 0.3) is 11.0 Å². The first kappa shape index (κ1) is 21.2. The lowest BCUT2D eigenvalue weighted by atomic mass is 9.89. The molecule has 1 aliphatic rings. The number of hydrogen-bond acceptors (Lipinski definition) is 4. The van der Waals surface area contributed by atoms with Crippen molar-refractivity contribution >= 4 is 40.5 Å². The number of ether oxygens (including phenoxy) is 1. The largest absolute Gasteiger partial charge is 0.465 e. The fourth-order valence-electron chi connectivity index (χ4n) is 4.46. The number of amides is 1. The van der Waals surface area contributed by atoms with E-state index in [0.717, 1.165) is 22.2 Å². The molecule has 0 fully saturated rings. The van der Waals surface area contributed by atoms with Crippen LogP contribution in [0, 0.1) is 5.92 Å². The third-order valence-corrected chi connectivity index (χ3v) is 6.09. The smallest absolute Gasteiger partial charge is 0.321 e. The van der Waals surface area contributed by atoms with Crippen molar-refractivity contribution in [2.75, 3.05) is 11.5 Å². The second kappa shape index (κ2) is 8.71. The predicted octanol–water partition coefficient (Wildman–Crippen LogP) is 5.01. The quantitative estimate of drug-likeness (QED) is 0.311. The first-order chi connectivity index (χ1) is 16.1. The molecule has 4 aromatic rings. The van der Waals surface area contributed by atoms with Crippen molar-refractivity contribution in [1.82, 2.24) is 9.55 Å². The Hall–Kier alpha value is -3.64. The Balaban J connectivity index is 1.76. The van der Waals surface area contributed by atoms with Crippen LogP contribution in [0.3, 0.4) is 0 Å². The number of halogens is 1. The summed E-state index contributed by atoms with van der Waals surface area (Å²) >= 11 is 6.31. The third-order valence-electron chi connectivity index (χ3n) is 5.86. The van der Waals surface area contributed by atoms with Crippen LogP contribution in [-0.4, -0.2) is 28.0 Å². The fraction of sp³-hybridized carbons (Fsp3) is 0.192. The van der Waals surface area contributed by atoms with Gasteiger partial charge in [-0.1, -0.05) is 66.2 Å². The number of benzene rings is 3. The summed E-state index contributed by atoms with van der Waals surface area (Å²) < 4.78 is 7.35. The Morgan fingerprint density at radius 1 is 1.03 bits per heavy atom. The van der Waals surface area contributed by atoms with Gasteiger partial charge in [0.25, 0.3) is 0 Å². The second-order valence-electron chi connectivity index (χ2n) is 7.91. The maximum atomic E-state index is 13.9. The fourth-order valence-corrected chi connectivity index (χ4v) is 4.65. The number of fused-ring (bicyclic) bond motifs is 3. The van der Waals surface area contributed by atoms with Crippen molar-refractivity contribution in [2.24, 2.45) is 5.92 Å². The van der Waals surface area contributed by atoms with Gasteiger partial charge in [-0.15, -0.1) is 0 Å². The molecule has 0 spiro atoms. The zero-order valence-corrected chi connectivity index (χ0v) is 18.8. The monoisotopic (exact) mass is 459 g/mol. The van der Waals surface area contributed by atoms with Gasteiger partial charge in [0.15, 0.2) is 5.92 Å². The van der Waals surface area contributed by atoms with E-state index in [0.29, 0.717) is 17.5 Å². The van der Waals surface area contributed by atoms with Crippen molar-refractivity contribution in [1.29, 1.82) is 0 Å². The SMILES string of the molecule is CCOC(=O)[C@@H]1C(=O)N(Cc2ccccc2)c2nc3ccccc3n2[C@H]1c1cccc(Cl)c1. The molecule has 0 bridgehead atoms. The van der Waals surface area contributed by atoms with E-state index in [1.807, 2.05) is 71.3 Å². The molecule has 0 aliphatic carbocycles. The Kier molecular flexibility index (Phi) is 5.60. The highest BCUT2D eigenvalue weighted by Crippen LogP contribution is 2.42. The van der Waals surface area contributed by atoms with Crippen LogP contribution in [0.2, 0.25) is 5.02 Å². The van der Waals surface area contributed by atoms with Crippen LogP contribution >= 0.6 is 11.6 Å². The minimum Gasteiger partial charge on any atom is -0.465 e. The van der Waals surface area contributed by atoms with Gasteiger partial charge in [0, 0.05) is 5.02 Å². The summed E-state index contributed by atoms with van der Waals surface area (Å²) in [5, 5.41) is 0.528. The topological polar surface area (TPSA) is 64.4 Å². The number of esters is 1. The van der Waals surface area contributed by atoms with E-state index in [1.54, 1.807) is 24.0 Å². The number of anilines is 1. The van der Waals surface area contributed by atoms with E-state index in [9.17, 15) is 9.59 Å². The van der Waals surface area contributed by atoms with Crippen molar-refractivity contribution < 1.29 is 14.3 Å². The number of imidazole rings is 1. The predicted molar refractivity (Wildman–Crippen MR) is 127 cm³/mol. The molecule has 3 aromatic carbocycles. The van der Waals surface area contributed by atoms with Crippen LogP contribution in [0.1, 0.15) is 24.1 Å². The van der Waals surface area contributed by atoms with Crippen LogP contribution in [0.4, 0.5) is 5.95 Å². The number of rotatable bonds is 5. The lowest BCUT2D eigenvalue weighted by Crippen LogP contribution is -2.49. The van der Waals surface area contributed by atoms with Gasteiger partial charge in [0.2, 0.25) is 11.9 Å². The molecular formula is C26H22ClN3O3. The number of carbonyl (C=O) groups is 2. The summed E-state index contributed by atoms with van der Waals surface area (Å²) in [7, 11) is 0. The van der Waals surface area contributed by atoms with Crippen LogP contribution in [0.15, 0.2) is 78.9 Å². The molecule has 0 unspecified atom stereocenters. The molecule has 2 atom stereocenters. The van der Waals surface area contributed by atoms with Crippen molar-refractivity contribution in [3.8, 4) is 0 Å². The van der Waals surface area contributed by atoms with Gasteiger partial charge >= 0.3 is 5.97 Å². The van der Waals surface area contributed by atoms with Crippen LogP contribution in [0.5, 0.6) is 0 Å². The highest BCUT2D eigenvalue weighted by atomic mass is 35.5. The molecule has 0 radical (unpaired) electrons. The molecule has 2 heterocycles. The molecule has 5 rings (SSSR count). The van der Waals surface area contributed by atoms with Crippen molar-refractivity contribution in [3.05, 3.63) is 95.0 Å². The molecule has 0 saturated carbocycles. The summed E-state index contributed by atoms with van der Waals surface area (Å²) in [6.07, 6.45) is 0. The zero-order valence-electron chi connectivity index (χ0n) is 18.0. The maximum Gasteiger partial charge on any atom is 0.321 e. The first-order valence-corrected chi connectivity index (χ1v) is 11.2. The van der Waals surface area contributed by atoms with E-state index in [2.05, 4.69) is 0 Å². The highest BCUT2D eigenvalue weighted by molar-refractivity contribution is 6.30. The van der Waals surface area contributed by atoms with E-state index in [4.69, 9.17) is 21.3 Å². The lowest BCUT2D eigenvalue weighted by Gasteiger charge is -2.38. The number of hydrogen-bond donors (Lipinski definition) is 0. The van der Waals surface area contributed by atoms with Crippen LogP contribution in [-0.2, 0) is 20.9 Å². The molecule has 6 nitrogen and oxygen atoms in total. The molecule has 1 aliphatic heterocycles. The first-order valence-electron chi connectivity index (χ1n) is 10.8. The van der Waals surface area contributed by atoms with E-state index < -0.39 is 17.9 Å². The molecule has 166 valence electrons. The Morgan fingerprint density at radius 3 is 2.55 bits per heavy atom. The number of aromatic nitrogens is 2. The van der Waals surface area contributed by atoms with E-state index in [1.165, 1.54) is 0 Å². The summed E-state index contributed by atoms with van der Waals surface area (Å²) in [6.45, 7) is 2.21.